The molecule has 0 bridgehead atoms. The van der Waals surface area contributed by atoms with E-state index in [2.05, 4.69) is 41.9 Å². The van der Waals surface area contributed by atoms with Gasteiger partial charge in [0.25, 0.3) is 0 Å². The van der Waals surface area contributed by atoms with Crippen molar-refractivity contribution in [2.75, 3.05) is 16.3 Å². The molecule has 29 heavy (non-hydrogen) atoms. The minimum atomic E-state index is -3.39. The number of ether oxygens (including phenoxy) is 1. The minimum Gasteiger partial charge on any atom is -0.487 e. The van der Waals surface area contributed by atoms with E-state index in [1.54, 1.807) is 24.3 Å². The van der Waals surface area contributed by atoms with Gasteiger partial charge in [0.15, 0.2) is 0 Å². The summed E-state index contributed by atoms with van der Waals surface area (Å²) in [7, 11) is -3.39. The Labute approximate surface area is 185 Å². The van der Waals surface area contributed by atoms with Gasteiger partial charge in [-0.1, -0.05) is 6.07 Å². The van der Waals surface area contributed by atoms with Gasteiger partial charge in [-0.05, 0) is 74.2 Å². The predicted octanol–water partition coefficient (Wildman–Crippen LogP) is 3.88. The summed E-state index contributed by atoms with van der Waals surface area (Å²) in [6.45, 7) is 2.01. The molecule has 2 rings (SSSR count). The van der Waals surface area contributed by atoms with Crippen LogP contribution in [0.4, 0.5) is 11.4 Å². The number of aryl methyl sites for hydroxylation is 1. The third-order valence-corrected chi connectivity index (χ3v) is 5.20. The van der Waals surface area contributed by atoms with Crippen LogP contribution in [0.1, 0.15) is 17.5 Å². The van der Waals surface area contributed by atoms with Crippen molar-refractivity contribution in [2.24, 2.45) is 0 Å². The second-order valence-corrected chi connectivity index (χ2v) is 9.72. The Hall–Kier alpha value is -2.11. The van der Waals surface area contributed by atoms with Gasteiger partial charge in [-0.2, -0.15) is 0 Å². The average Bonchev–Trinajstić information content (AvgIpc) is 2.50. The van der Waals surface area contributed by atoms with E-state index in [0.29, 0.717) is 26.1 Å². The van der Waals surface area contributed by atoms with E-state index in [1.165, 1.54) is 0 Å². The van der Waals surface area contributed by atoms with Crippen LogP contribution in [0.15, 0.2) is 39.3 Å². The molecule has 0 spiro atoms. The second-order valence-electron chi connectivity index (χ2n) is 6.26. The van der Waals surface area contributed by atoms with Gasteiger partial charge in [-0.3, -0.25) is 14.3 Å². The molecule has 0 unspecified atom stereocenters. The van der Waals surface area contributed by atoms with E-state index < -0.39 is 28.3 Å². The SMILES string of the molecule is Cc1cc(COc2c(Br)cc(NC(=O)CC(=O)O)cc2Br)cc(NS(C)(=O)=O)c1. The van der Waals surface area contributed by atoms with Gasteiger partial charge in [0.2, 0.25) is 15.9 Å². The smallest absolute Gasteiger partial charge is 0.312 e. The van der Waals surface area contributed by atoms with Crippen LogP contribution < -0.4 is 14.8 Å². The lowest BCUT2D eigenvalue weighted by Gasteiger charge is -2.14. The first-order valence-electron chi connectivity index (χ1n) is 8.15. The predicted molar refractivity (Wildman–Crippen MR) is 117 cm³/mol. The molecular weight excluding hydrogens is 532 g/mol. The lowest BCUT2D eigenvalue weighted by atomic mass is 10.1. The first kappa shape index (κ1) is 23.2. The lowest BCUT2D eigenvalue weighted by Crippen LogP contribution is -2.16. The van der Waals surface area contributed by atoms with Crippen molar-refractivity contribution in [2.45, 2.75) is 20.0 Å². The van der Waals surface area contributed by atoms with Gasteiger partial charge in [0.05, 0.1) is 15.2 Å². The molecule has 156 valence electrons. The highest BCUT2D eigenvalue weighted by Crippen LogP contribution is 2.37. The topological polar surface area (TPSA) is 122 Å². The van der Waals surface area contributed by atoms with Gasteiger partial charge < -0.3 is 15.2 Å². The zero-order chi connectivity index (χ0) is 21.8. The van der Waals surface area contributed by atoms with Gasteiger partial charge in [0.1, 0.15) is 18.8 Å². The molecule has 0 heterocycles. The normalized spacial score (nSPS) is 11.0. The number of carboxylic acids is 1. The summed E-state index contributed by atoms with van der Waals surface area (Å²) in [5, 5.41) is 11.1. The highest BCUT2D eigenvalue weighted by molar-refractivity contribution is 9.11. The quantitative estimate of drug-likeness (QED) is 0.429. The van der Waals surface area contributed by atoms with E-state index in [4.69, 9.17) is 9.84 Å². The molecule has 0 fully saturated rings. The van der Waals surface area contributed by atoms with Gasteiger partial charge >= 0.3 is 5.97 Å². The molecule has 0 aliphatic carbocycles. The maximum absolute atomic E-state index is 11.6. The molecule has 11 heteroatoms. The first-order chi connectivity index (χ1) is 13.4. The molecule has 3 N–H and O–H groups in total. The van der Waals surface area contributed by atoms with Gasteiger partial charge in [-0.15, -0.1) is 0 Å². The van der Waals surface area contributed by atoms with Crippen LogP contribution in [0.3, 0.4) is 0 Å². The molecule has 0 saturated carbocycles. The van der Waals surface area contributed by atoms with E-state index in [-0.39, 0.29) is 6.61 Å². The molecule has 0 atom stereocenters. The van der Waals surface area contributed by atoms with Crippen LogP contribution in [-0.2, 0) is 26.2 Å². The number of anilines is 2. The number of benzene rings is 2. The maximum atomic E-state index is 11.6. The fourth-order valence-electron chi connectivity index (χ4n) is 2.49. The molecule has 2 aromatic rings. The number of hydrogen-bond acceptors (Lipinski definition) is 5. The van der Waals surface area contributed by atoms with Crippen LogP contribution in [-0.4, -0.2) is 31.7 Å². The number of nitrogens with one attached hydrogen (secondary N) is 2. The molecule has 1 amide bonds. The minimum absolute atomic E-state index is 0.169. The summed E-state index contributed by atoms with van der Waals surface area (Å²) >= 11 is 6.73. The molecule has 0 radical (unpaired) electrons. The molecule has 0 aromatic heterocycles. The van der Waals surface area contributed by atoms with E-state index in [0.717, 1.165) is 17.4 Å². The summed E-state index contributed by atoms with van der Waals surface area (Å²) in [6.07, 6.45) is 0.446. The number of hydrogen-bond donors (Lipinski definition) is 3. The molecule has 0 aliphatic rings. The fourth-order valence-corrected chi connectivity index (χ4v) is 4.45. The van der Waals surface area contributed by atoms with Crippen LogP contribution in [0.5, 0.6) is 5.75 Å². The van der Waals surface area contributed by atoms with Gasteiger partial charge in [-0.25, -0.2) is 8.42 Å². The van der Waals surface area contributed by atoms with Crippen molar-refractivity contribution in [3.05, 3.63) is 50.4 Å². The highest BCUT2D eigenvalue weighted by Gasteiger charge is 2.13. The van der Waals surface area contributed by atoms with Gasteiger partial charge in [0, 0.05) is 11.4 Å². The van der Waals surface area contributed by atoms with Crippen molar-refractivity contribution in [3.63, 3.8) is 0 Å². The fraction of sp³-hybridized carbons (Fsp3) is 0.222. The summed E-state index contributed by atoms with van der Waals surface area (Å²) in [6, 6.07) is 8.44. The summed E-state index contributed by atoms with van der Waals surface area (Å²) in [4.78, 5) is 22.2. The largest absolute Gasteiger partial charge is 0.487 e. The first-order valence-corrected chi connectivity index (χ1v) is 11.6. The molecule has 2 aromatic carbocycles. The Morgan fingerprint density at radius 3 is 2.24 bits per heavy atom. The molecule has 8 nitrogen and oxygen atoms in total. The zero-order valence-corrected chi connectivity index (χ0v) is 19.4. The maximum Gasteiger partial charge on any atom is 0.312 e. The zero-order valence-electron chi connectivity index (χ0n) is 15.5. The van der Waals surface area contributed by atoms with Crippen molar-refractivity contribution in [3.8, 4) is 5.75 Å². The summed E-state index contributed by atoms with van der Waals surface area (Å²) in [5.74, 6) is -1.39. The third-order valence-electron chi connectivity index (χ3n) is 3.42. The van der Waals surface area contributed by atoms with Crippen molar-refractivity contribution >= 4 is 65.1 Å². The Bertz CT molecular complexity index is 1030. The number of aliphatic carboxylic acids is 1. The number of carbonyl (C=O) groups excluding carboxylic acids is 1. The standard InChI is InChI=1S/C18H18Br2N2O6S/c1-10-3-11(5-13(4-10)22-29(2,26)27)9-28-18-14(19)6-12(7-15(18)20)21-16(23)8-17(24)25/h3-7,22H,8-9H2,1-2H3,(H,21,23)(H,24,25). The van der Waals surface area contributed by atoms with Crippen LogP contribution in [0.2, 0.25) is 0 Å². The summed E-state index contributed by atoms with van der Waals surface area (Å²) < 4.78 is 32.2. The number of carboxylic acid groups (broad SMARTS) is 1. The van der Waals surface area contributed by atoms with E-state index in [9.17, 15) is 18.0 Å². The lowest BCUT2D eigenvalue weighted by molar-refractivity contribution is -0.139. The van der Waals surface area contributed by atoms with Crippen molar-refractivity contribution in [1.82, 2.24) is 0 Å². The number of carbonyl (C=O) groups is 2. The average molecular weight is 550 g/mol. The van der Waals surface area contributed by atoms with Crippen molar-refractivity contribution in [1.29, 1.82) is 0 Å². The highest BCUT2D eigenvalue weighted by atomic mass is 79.9. The Morgan fingerprint density at radius 1 is 1.07 bits per heavy atom. The van der Waals surface area contributed by atoms with Crippen LogP contribution in [0, 0.1) is 6.92 Å². The molecule has 0 saturated heterocycles. The Kier molecular flexibility index (Phi) is 7.66. The van der Waals surface area contributed by atoms with Crippen LogP contribution >= 0.6 is 31.9 Å². The number of amides is 1. The Balaban J connectivity index is 2.15. The molecule has 0 aliphatic heterocycles. The summed E-state index contributed by atoms with van der Waals surface area (Å²) in [5.41, 5.74) is 2.47. The van der Waals surface area contributed by atoms with Crippen LogP contribution in [0.25, 0.3) is 0 Å². The Morgan fingerprint density at radius 2 is 1.69 bits per heavy atom. The second kappa shape index (κ2) is 9.59. The number of sulfonamides is 1. The number of rotatable bonds is 8. The van der Waals surface area contributed by atoms with E-state index in [1.807, 2.05) is 13.0 Å². The third kappa shape index (κ3) is 7.67. The number of halogens is 2. The van der Waals surface area contributed by atoms with Crippen molar-refractivity contribution < 1.29 is 27.9 Å². The molecular formula is C18H18Br2N2O6S. The van der Waals surface area contributed by atoms with E-state index >= 15 is 0 Å². The monoisotopic (exact) mass is 548 g/mol.